The number of aryl methyl sites for hydroxylation is 1. The Hall–Kier alpha value is -3.60. The average molecular weight is 431 g/mol. The fourth-order valence-electron chi connectivity index (χ4n) is 3.58. The molecule has 32 heavy (non-hydrogen) atoms. The highest BCUT2D eigenvalue weighted by Gasteiger charge is 2.28. The Labute approximate surface area is 189 Å². The first-order valence-electron chi connectivity index (χ1n) is 10.8. The van der Waals surface area contributed by atoms with E-state index in [0.29, 0.717) is 18.0 Å². The van der Waals surface area contributed by atoms with E-state index in [0.717, 1.165) is 11.1 Å². The minimum absolute atomic E-state index is 0.128. The van der Waals surface area contributed by atoms with Gasteiger partial charge in [-0.05, 0) is 53.3 Å². The molecule has 3 aromatic rings. The SMILES string of the molecule is CC(C)c1ccc(NC(=O)[C@H](c2ccccc2)N(C)C(=O)CCc2ccc(O)cc2)cc1. The molecule has 5 heteroatoms. The van der Waals surface area contributed by atoms with Crippen LogP contribution in [0.5, 0.6) is 5.75 Å². The van der Waals surface area contributed by atoms with Gasteiger partial charge in [-0.3, -0.25) is 9.59 Å². The number of anilines is 1. The molecule has 3 aromatic carbocycles. The number of nitrogens with zero attached hydrogens (tertiary/aromatic N) is 1. The number of hydrogen-bond acceptors (Lipinski definition) is 3. The van der Waals surface area contributed by atoms with Crippen LogP contribution in [0, 0.1) is 0 Å². The van der Waals surface area contributed by atoms with Crippen molar-refractivity contribution in [2.75, 3.05) is 12.4 Å². The summed E-state index contributed by atoms with van der Waals surface area (Å²) >= 11 is 0. The molecule has 5 nitrogen and oxygen atoms in total. The van der Waals surface area contributed by atoms with Crippen molar-refractivity contribution in [3.63, 3.8) is 0 Å². The van der Waals surface area contributed by atoms with E-state index < -0.39 is 6.04 Å². The van der Waals surface area contributed by atoms with Crippen molar-refractivity contribution < 1.29 is 14.7 Å². The zero-order chi connectivity index (χ0) is 23.1. The summed E-state index contributed by atoms with van der Waals surface area (Å²) in [6, 6.07) is 23.2. The predicted molar refractivity (Wildman–Crippen MR) is 128 cm³/mol. The lowest BCUT2D eigenvalue weighted by atomic mass is 10.0. The molecule has 0 saturated heterocycles. The van der Waals surface area contributed by atoms with Gasteiger partial charge >= 0.3 is 0 Å². The number of rotatable bonds is 8. The summed E-state index contributed by atoms with van der Waals surface area (Å²) in [7, 11) is 1.66. The second-order valence-electron chi connectivity index (χ2n) is 8.25. The average Bonchev–Trinajstić information content (AvgIpc) is 2.79. The maximum atomic E-state index is 13.3. The second kappa shape index (κ2) is 10.6. The maximum Gasteiger partial charge on any atom is 0.251 e. The number of nitrogens with one attached hydrogen (secondary N) is 1. The summed E-state index contributed by atoms with van der Waals surface area (Å²) in [5.41, 5.74) is 3.61. The number of aromatic hydroxyl groups is 1. The van der Waals surface area contributed by atoms with E-state index in [-0.39, 0.29) is 24.0 Å². The fraction of sp³-hybridized carbons (Fsp3) is 0.259. The molecular formula is C27H30N2O3. The monoisotopic (exact) mass is 430 g/mol. The van der Waals surface area contributed by atoms with Crippen molar-refractivity contribution in [3.8, 4) is 5.75 Å². The Balaban J connectivity index is 1.74. The number of likely N-dealkylation sites (N-methyl/N-ethyl adjacent to an activating group) is 1. The number of phenols is 1. The van der Waals surface area contributed by atoms with Crippen molar-refractivity contribution >= 4 is 17.5 Å². The molecule has 3 rings (SSSR count). The quantitative estimate of drug-likeness (QED) is 0.510. The first-order valence-corrected chi connectivity index (χ1v) is 10.8. The number of carbonyl (C=O) groups is 2. The zero-order valence-electron chi connectivity index (χ0n) is 18.8. The van der Waals surface area contributed by atoms with Crippen LogP contribution in [-0.2, 0) is 16.0 Å². The Morgan fingerprint density at radius 3 is 2.09 bits per heavy atom. The van der Waals surface area contributed by atoms with Gasteiger partial charge in [0, 0.05) is 19.2 Å². The van der Waals surface area contributed by atoms with Crippen LogP contribution in [0.2, 0.25) is 0 Å². The predicted octanol–water partition coefficient (Wildman–Crippen LogP) is 5.29. The molecule has 0 bridgehead atoms. The third kappa shape index (κ3) is 5.97. The van der Waals surface area contributed by atoms with Crippen molar-refractivity contribution in [1.29, 1.82) is 0 Å². The van der Waals surface area contributed by atoms with E-state index in [9.17, 15) is 14.7 Å². The van der Waals surface area contributed by atoms with E-state index in [4.69, 9.17) is 0 Å². The maximum absolute atomic E-state index is 13.3. The summed E-state index contributed by atoms with van der Waals surface area (Å²) in [6.45, 7) is 4.25. The highest BCUT2D eigenvalue weighted by atomic mass is 16.3. The van der Waals surface area contributed by atoms with Crippen LogP contribution < -0.4 is 5.32 Å². The summed E-state index contributed by atoms with van der Waals surface area (Å²) < 4.78 is 0. The van der Waals surface area contributed by atoms with E-state index in [1.54, 1.807) is 31.3 Å². The minimum atomic E-state index is -0.742. The lowest BCUT2D eigenvalue weighted by Gasteiger charge is -2.28. The van der Waals surface area contributed by atoms with Gasteiger partial charge in [-0.25, -0.2) is 0 Å². The second-order valence-corrected chi connectivity index (χ2v) is 8.25. The van der Waals surface area contributed by atoms with E-state index in [1.165, 1.54) is 10.5 Å². The smallest absolute Gasteiger partial charge is 0.251 e. The van der Waals surface area contributed by atoms with Crippen LogP contribution in [0.4, 0.5) is 5.69 Å². The fourth-order valence-corrected chi connectivity index (χ4v) is 3.58. The van der Waals surface area contributed by atoms with Crippen LogP contribution in [-0.4, -0.2) is 28.9 Å². The number of amides is 2. The lowest BCUT2D eigenvalue weighted by Crippen LogP contribution is -2.38. The van der Waals surface area contributed by atoms with Gasteiger partial charge in [-0.15, -0.1) is 0 Å². The summed E-state index contributed by atoms with van der Waals surface area (Å²) in [5, 5.41) is 12.4. The number of benzene rings is 3. The van der Waals surface area contributed by atoms with Gasteiger partial charge in [0.25, 0.3) is 5.91 Å². The number of carbonyl (C=O) groups excluding carboxylic acids is 2. The number of phenolic OH excluding ortho intramolecular Hbond substituents is 1. The molecule has 0 aliphatic heterocycles. The molecular weight excluding hydrogens is 400 g/mol. The summed E-state index contributed by atoms with van der Waals surface area (Å²) in [6.07, 6.45) is 0.796. The molecule has 0 aliphatic carbocycles. The van der Waals surface area contributed by atoms with Gasteiger partial charge in [-0.1, -0.05) is 68.4 Å². The van der Waals surface area contributed by atoms with Gasteiger partial charge in [0.1, 0.15) is 11.8 Å². The first kappa shape index (κ1) is 23.1. The highest BCUT2D eigenvalue weighted by molar-refractivity contribution is 5.97. The molecule has 2 N–H and O–H groups in total. The van der Waals surface area contributed by atoms with E-state index >= 15 is 0 Å². The largest absolute Gasteiger partial charge is 0.508 e. The molecule has 0 radical (unpaired) electrons. The minimum Gasteiger partial charge on any atom is -0.508 e. The van der Waals surface area contributed by atoms with Crippen molar-refractivity contribution in [2.45, 2.75) is 38.6 Å². The zero-order valence-corrected chi connectivity index (χ0v) is 18.8. The van der Waals surface area contributed by atoms with Crippen LogP contribution >= 0.6 is 0 Å². The van der Waals surface area contributed by atoms with Crippen LogP contribution in [0.1, 0.15) is 48.9 Å². The van der Waals surface area contributed by atoms with Crippen LogP contribution in [0.25, 0.3) is 0 Å². The third-order valence-electron chi connectivity index (χ3n) is 5.55. The normalized spacial score (nSPS) is 11.8. The third-order valence-corrected chi connectivity index (χ3v) is 5.55. The molecule has 0 aromatic heterocycles. The Bertz CT molecular complexity index is 1030. The molecule has 0 saturated carbocycles. The molecule has 1 atom stereocenters. The lowest BCUT2D eigenvalue weighted by molar-refractivity contribution is -0.137. The van der Waals surface area contributed by atoms with E-state index in [1.807, 2.05) is 54.6 Å². The molecule has 2 amide bonds. The van der Waals surface area contributed by atoms with Gasteiger partial charge in [-0.2, -0.15) is 0 Å². The summed E-state index contributed by atoms with van der Waals surface area (Å²) in [4.78, 5) is 27.7. The van der Waals surface area contributed by atoms with Crippen LogP contribution in [0.15, 0.2) is 78.9 Å². The molecule has 0 heterocycles. The summed E-state index contributed by atoms with van der Waals surface area (Å²) in [5.74, 6) is 0.222. The standard InChI is InChI=1S/C27H30N2O3/c1-19(2)21-12-14-23(15-13-21)28-27(32)26(22-7-5-4-6-8-22)29(3)25(31)18-11-20-9-16-24(30)17-10-20/h4-10,12-17,19,26,30H,11,18H2,1-3H3,(H,28,32)/t26-/m0/s1. The Morgan fingerprint density at radius 1 is 0.875 bits per heavy atom. The Kier molecular flexibility index (Phi) is 7.66. The molecule has 0 spiro atoms. The van der Waals surface area contributed by atoms with Gasteiger partial charge in [0.05, 0.1) is 0 Å². The molecule has 0 fully saturated rings. The van der Waals surface area contributed by atoms with Crippen molar-refractivity contribution in [1.82, 2.24) is 4.90 Å². The van der Waals surface area contributed by atoms with Gasteiger partial charge in [0.2, 0.25) is 5.91 Å². The first-order chi connectivity index (χ1) is 15.3. The van der Waals surface area contributed by atoms with Crippen molar-refractivity contribution in [2.24, 2.45) is 0 Å². The van der Waals surface area contributed by atoms with Gasteiger partial charge in [0.15, 0.2) is 0 Å². The molecule has 166 valence electrons. The molecule has 0 unspecified atom stereocenters. The van der Waals surface area contributed by atoms with Gasteiger partial charge < -0.3 is 15.3 Å². The van der Waals surface area contributed by atoms with E-state index in [2.05, 4.69) is 19.2 Å². The molecule has 0 aliphatic rings. The number of hydrogen-bond donors (Lipinski definition) is 2. The van der Waals surface area contributed by atoms with Crippen LogP contribution in [0.3, 0.4) is 0 Å². The Morgan fingerprint density at radius 2 is 1.50 bits per heavy atom. The highest BCUT2D eigenvalue weighted by Crippen LogP contribution is 2.24. The topological polar surface area (TPSA) is 69.6 Å². The van der Waals surface area contributed by atoms with Crippen molar-refractivity contribution in [3.05, 3.63) is 95.6 Å².